The number of carbonyl (C=O) groups is 1. The summed E-state index contributed by atoms with van der Waals surface area (Å²) >= 11 is 0. The Hall–Kier alpha value is -1.57. The average Bonchev–Trinajstić information content (AvgIpc) is 2.71. The highest BCUT2D eigenvalue weighted by Crippen LogP contribution is 2.45. The zero-order valence-electron chi connectivity index (χ0n) is 21.6. The van der Waals surface area contributed by atoms with E-state index in [2.05, 4.69) is 78.5 Å². The highest BCUT2D eigenvalue weighted by Gasteiger charge is 2.40. The lowest BCUT2D eigenvalue weighted by Crippen LogP contribution is -2.47. The first-order valence-electron chi connectivity index (χ1n) is 12.8. The summed E-state index contributed by atoms with van der Waals surface area (Å²) in [4.78, 5) is 16.2. The van der Waals surface area contributed by atoms with Crippen molar-refractivity contribution in [3.05, 3.63) is 40.5 Å². The summed E-state index contributed by atoms with van der Waals surface area (Å²) < 4.78 is 0. The first-order chi connectivity index (χ1) is 14.7. The molecule has 0 fully saturated rings. The zero-order valence-corrected chi connectivity index (χ0v) is 21.6. The van der Waals surface area contributed by atoms with Crippen LogP contribution in [0.15, 0.2) is 29.3 Å². The Morgan fingerprint density at radius 2 is 1.39 bits per heavy atom. The summed E-state index contributed by atoms with van der Waals surface area (Å²) in [6, 6.07) is 6.62. The number of amides is 1. The molecule has 0 aliphatic carbocycles. The van der Waals surface area contributed by atoms with Gasteiger partial charge < -0.3 is 4.90 Å². The minimum atomic E-state index is 0.0154. The molecule has 1 aliphatic rings. The molecule has 0 unspecified atom stereocenters. The van der Waals surface area contributed by atoms with Crippen LogP contribution in [-0.2, 0) is 4.79 Å². The van der Waals surface area contributed by atoms with Crippen LogP contribution in [0.1, 0.15) is 130 Å². The van der Waals surface area contributed by atoms with Crippen LogP contribution in [0.25, 0.3) is 0 Å². The maximum atomic E-state index is 14.1. The second kappa shape index (κ2) is 11.3. The molecular formula is C29H47NO. The molecule has 0 bridgehead atoms. The van der Waals surface area contributed by atoms with Gasteiger partial charge in [0.2, 0.25) is 0 Å². The molecule has 0 saturated carbocycles. The van der Waals surface area contributed by atoms with Gasteiger partial charge in [0.15, 0.2) is 0 Å². The van der Waals surface area contributed by atoms with Crippen LogP contribution < -0.4 is 4.90 Å². The van der Waals surface area contributed by atoms with Crippen LogP contribution in [-0.4, -0.2) is 12.5 Å². The first kappa shape index (κ1) is 25.7. The van der Waals surface area contributed by atoms with E-state index in [0.29, 0.717) is 11.8 Å². The van der Waals surface area contributed by atoms with Gasteiger partial charge in [-0.1, -0.05) is 105 Å². The fourth-order valence-corrected chi connectivity index (χ4v) is 5.12. The molecule has 0 spiro atoms. The van der Waals surface area contributed by atoms with Crippen molar-refractivity contribution in [2.24, 2.45) is 5.41 Å². The van der Waals surface area contributed by atoms with Gasteiger partial charge in [0.25, 0.3) is 5.91 Å². The van der Waals surface area contributed by atoms with Crippen molar-refractivity contribution in [2.75, 3.05) is 11.4 Å². The second-order valence-corrected chi connectivity index (χ2v) is 10.7. The van der Waals surface area contributed by atoms with Crippen LogP contribution in [0.4, 0.5) is 5.69 Å². The molecule has 2 heteroatoms. The van der Waals surface area contributed by atoms with Crippen molar-refractivity contribution in [3.8, 4) is 0 Å². The van der Waals surface area contributed by atoms with Crippen molar-refractivity contribution in [1.29, 1.82) is 0 Å². The maximum absolute atomic E-state index is 14.1. The smallest absolute Gasteiger partial charge is 0.254 e. The molecule has 1 heterocycles. The Bertz CT molecular complexity index is 743. The number of unbranched alkanes of at least 4 members (excludes halogenated alkanes) is 4. The standard InChI is InChI=1S/C29H47NO/c1-9-11-13-16-25-26(19-14-12-10-2)29(7,8)20-30(28(25)31)27-23(21(3)4)17-15-18-24(27)22(5)6/h15,17-18,21-22H,9-14,16,19-20H2,1-8H3. The molecule has 1 aromatic carbocycles. The predicted molar refractivity (Wildman–Crippen MR) is 136 cm³/mol. The Labute approximate surface area is 192 Å². The molecule has 174 valence electrons. The number of anilines is 1. The number of carbonyl (C=O) groups excluding carboxylic acids is 1. The highest BCUT2D eigenvalue weighted by atomic mass is 16.2. The van der Waals surface area contributed by atoms with E-state index in [1.165, 1.54) is 54.5 Å². The van der Waals surface area contributed by atoms with Crippen molar-refractivity contribution in [2.45, 2.75) is 119 Å². The monoisotopic (exact) mass is 425 g/mol. The summed E-state index contributed by atoms with van der Waals surface area (Å²) in [5, 5.41) is 0. The number of para-hydroxylation sites is 1. The van der Waals surface area contributed by atoms with E-state index in [-0.39, 0.29) is 11.3 Å². The quantitative estimate of drug-likeness (QED) is 0.324. The number of hydrogen-bond donors (Lipinski definition) is 0. The van der Waals surface area contributed by atoms with E-state index in [0.717, 1.165) is 31.4 Å². The molecule has 31 heavy (non-hydrogen) atoms. The van der Waals surface area contributed by atoms with E-state index in [9.17, 15) is 4.79 Å². The van der Waals surface area contributed by atoms with Gasteiger partial charge in [0, 0.05) is 17.5 Å². The minimum absolute atomic E-state index is 0.0154. The van der Waals surface area contributed by atoms with E-state index in [1.54, 1.807) is 0 Å². The third kappa shape index (κ3) is 6.02. The Morgan fingerprint density at radius 1 is 0.871 bits per heavy atom. The van der Waals surface area contributed by atoms with Gasteiger partial charge in [-0.05, 0) is 48.6 Å². The van der Waals surface area contributed by atoms with Crippen LogP contribution in [0.2, 0.25) is 0 Å². The Kier molecular flexibility index (Phi) is 9.40. The van der Waals surface area contributed by atoms with Crippen molar-refractivity contribution in [1.82, 2.24) is 0 Å². The molecular weight excluding hydrogens is 378 g/mol. The molecule has 2 nitrogen and oxygen atoms in total. The zero-order chi connectivity index (χ0) is 23.2. The van der Waals surface area contributed by atoms with E-state index in [1.807, 2.05) is 0 Å². The normalized spacial score (nSPS) is 16.7. The fraction of sp³-hybridized carbons (Fsp3) is 0.690. The third-order valence-electron chi connectivity index (χ3n) is 6.91. The topological polar surface area (TPSA) is 20.3 Å². The molecule has 0 saturated heterocycles. The first-order valence-corrected chi connectivity index (χ1v) is 12.8. The van der Waals surface area contributed by atoms with E-state index in [4.69, 9.17) is 0 Å². The number of nitrogens with zero attached hydrogens (tertiary/aromatic N) is 1. The number of hydrogen-bond acceptors (Lipinski definition) is 1. The van der Waals surface area contributed by atoms with Crippen molar-refractivity contribution >= 4 is 11.6 Å². The lowest BCUT2D eigenvalue weighted by Gasteiger charge is -2.43. The Balaban J connectivity index is 2.59. The average molecular weight is 426 g/mol. The lowest BCUT2D eigenvalue weighted by molar-refractivity contribution is -0.116. The van der Waals surface area contributed by atoms with E-state index < -0.39 is 0 Å². The molecule has 0 N–H and O–H groups in total. The maximum Gasteiger partial charge on any atom is 0.254 e. The van der Waals surface area contributed by atoms with Gasteiger partial charge in [-0.15, -0.1) is 0 Å². The summed E-state index contributed by atoms with van der Waals surface area (Å²) in [6.45, 7) is 19.0. The predicted octanol–water partition coefficient (Wildman–Crippen LogP) is 8.76. The van der Waals surface area contributed by atoms with Gasteiger partial charge in [-0.3, -0.25) is 4.79 Å². The summed E-state index contributed by atoms with van der Waals surface area (Å²) in [5.74, 6) is 1.06. The van der Waals surface area contributed by atoms with Crippen LogP contribution in [0.3, 0.4) is 0 Å². The molecule has 1 aromatic rings. The van der Waals surface area contributed by atoms with Crippen molar-refractivity contribution in [3.63, 3.8) is 0 Å². The van der Waals surface area contributed by atoms with Crippen molar-refractivity contribution < 1.29 is 4.79 Å². The molecule has 2 rings (SSSR count). The summed E-state index contributed by atoms with van der Waals surface area (Å²) in [5.41, 5.74) is 6.36. The van der Waals surface area contributed by atoms with Gasteiger partial charge in [0.1, 0.15) is 0 Å². The molecule has 1 amide bonds. The van der Waals surface area contributed by atoms with Crippen LogP contribution >= 0.6 is 0 Å². The Morgan fingerprint density at radius 3 is 1.87 bits per heavy atom. The van der Waals surface area contributed by atoms with Gasteiger partial charge in [-0.25, -0.2) is 0 Å². The third-order valence-corrected chi connectivity index (χ3v) is 6.91. The lowest BCUT2D eigenvalue weighted by atomic mass is 9.73. The number of rotatable bonds is 11. The van der Waals surface area contributed by atoms with E-state index >= 15 is 0 Å². The minimum Gasteiger partial charge on any atom is -0.307 e. The SMILES string of the molecule is CCCCCC1=C(CCCCC)C(C)(C)CN(c2c(C(C)C)cccc2C(C)C)C1=O. The van der Waals surface area contributed by atoms with Gasteiger partial charge in [0.05, 0.1) is 5.69 Å². The van der Waals surface area contributed by atoms with Gasteiger partial charge in [-0.2, -0.15) is 0 Å². The largest absolute Gasteiger partial charge is 0.307 e. The molecule has 0 radical (unpaired) electrons. The fourth-order valence-electron chi connectivity index (χ4n) is 5.12. The summed E-state index contributed by atoms with van der Waals surface area (Å²) in [6.07, 6.45) is 9.15. The second-order valence-electron chi connectivity index (χ2n) is 10.7. The van der Waals surface area contributed by atoms with Crippen LogP contribution in [0.5, 0.6) is 0 Å². The number of benzene rings is 1. The van der Waals surface area contributed by atoms with Gasteiger partial charge >= 0.3 is 0 Å². The highest BCUT2D eigenvalue weighted by molar-refractivity contribution is 6.08. The van der Waals surface area contributed by atoms with Crippen LogP contribution in [0, 0.1) is 5.41 Å². The summed E-state index contributed by atoms with van der Waals surface area (Å²) in [7, 11) is 0. The molecule has 1 aliphatic heterocycles. The molecule has 0 atom stereocenters. The molecule has 0 aromatic heterocycles.